The van der Waals surface area contributed by atoms with Crippen LogP contribution in [0, 0.1) is 9.39 Å². The molecule has 5 nitrogen and oxygen atoms in total. The number of amides is 1. The molecule has 154 valence electrons. The second-order valence-electron chi connectivity index (χ2n) is 6.16. The fraction of sp³-hybridized carbons (Fsp3) is 0.0909. The number of rotatable bonds is 7. The van der Waals surface area contributed by atoms with Gasteiger partial charge in [-0.05, 0) is 76.2 Å². The van der Waals surface area contributed by atoms with Gasteiger partial charge in [0.15, 0.2) is 11.5 Å². The molecule has 3 rings (SSSR count). The van der Waals surface area contributed by atoms with Gasteiger partial charge in [0.1, 0.15) is 12.4 Å². The molecule has 0 aliphatic heterocycles. The molecule has 0 aliphatic rings. The molecule has 0 spiro atoms. The molecule has 0 heterocycles. The van der Waals surface area contributed by atoms with Crippen LogP contribution in [0.3, 0.4) is 0 Å². The molecule has 0 unspecified atom stereocenters. The van der Waals surface area contributed by atoms with Crippen molar-refractivity contribution in [2.24, 2.45) is 5.10 Å². The zero-order chi connectivity index (χ0) is 21.5. The lowest BCUT2D eigenvalue weighted by molar-refractivity contribution is 0.0955. The van der Waals surface area contributed by atoms with Crippen molar-refractivity contribution in [2.75, 3.05) is 7.11 Å². The van der Waals surface area contributed by atoms with Crippen LogP contribution in [-0.2, 0) is 6.61 Å². The normalized spacial score (nSPS) is 10.8. The average molecular weight is 539 g/mol. The summed E-state index contributed by atoms with van der Waals surface area (Å²) in [4.78, 5) is 12.1. The number of methoxy groups -OCH3 is 1. The first-order valence-corrected chi connectivity index (χ1v) is 10.3. The maximum atomic E-state index is 13.0. The van der Waals surface area contributed by atoms with Crippen LogP contribution in [0.5, 0.6) is 11.5 Å². The van der Waals surface area contributed by atoms with Crippen LogP contribution in [-0.4, -0.2) is 19.2 Å². The summed E-state index contributed by atoms with van der Waals surface area (Å²) in [6, 6.07) is 16.5. The Bertz CT molecular complexity index is 1070. The first-order valence-electron chi connectivity index (χ1n) is 8.80. The van der Waals surface area contributed by atoms with Crippen molar-refractivity contribution in [3.8, 4) is 11.5 Å². The third kappa shape index (κ3) is 5.93. The highest BCUT2D eigenvalue weighted by Crippen LogP contribution is 2.36. The largest absolute Gasteiger partial charge is 0.493 e. The van der Waals surface area contributed by atoms with E-state index in [1.54, 1.807) is 42.5 Å². The second-order valence-corrected chi connectivity index (χ2v) is 7.81. The lowest BCUT2D eigenvalue weighted by atomic mass is 10.2. The minimum absolute atomic E-state index is 0.204. The Kier molecular flexibility index (Phi) is 7.64. The van der Waals surface area contributed by atoms with Crippen LogP contribution in [0.1, 0.15) is 21.5 Å². The second kappa shape index (κ2) is 10.4. The fourth-order valence-electron chi connectivity index (χ4n) is 2.55. The van der Waals surface area contributed by atoms with E-state index < -0.39 is 0 Å². The van der Waals surface area contributed by atoms with E-state index >= 15 is 0 Å². The van der Waals surface area contributed by atoms with Crippen molar-refractivity contribution in [1.82, 2.24) is 5.43 Å². The van der Waals surface area contributed by atoms with Crippen LogP contribution < -0.4 is 14.9 Å². The van der Waals surface area contributed by atoms with Gasteiger partial charge in [-0.3, -0.25) is 4.79 Å². The van der Waals surface area contributed by atoms with Gasteiger partial charge in [0.25, 0.3) is 5.91 Å². The van der Waals surface area contributed by atoms with E-state index in [9.17, 15) is 9.18 Å². The number of hydrogen-bond donors (Lipinski definition) is 1. The summed E-state index contributed by atoms with van der Waals surface area (Å²) in [6.07, 6.45) is 1.46. The average Bonchev–Trinajstić information content (AvgIpc) is 2.73. The number of nitrogens with zero attached hydrogens (tertiary/aromatic N) is 1. The van der Waals surface area contributed by atoms with Crippen LogP contribution >= 0.6 is 34.2 Å². The highest BCUT2D eigenvalue weighted by atomic mass is 127. The van der Waals surface area contributed by atoms with Crippen molar-refractivity contribution in [1.29, 1.82) is 0 Å². The number of carbonyl (C=O) groups excluding carboxylic acids is 1. The zero-order valence-electron chi connectivity index (χ0n) is 15.9. The Hall–Kier alpha value is -2.65. The maximum Gasteiger partial charge on any atom is 0.271 e. The third-order valence-corrected chi connectivity index (χ3v) is 4.97. The van der Waals surface area contributed by atoms with Crippen molar-refractivity contribution in [2.45, 2.75) is 6.61 Å². The standard InChI is InChI=1S/C22H17ClFIN2O3/c1-29-20-10-15(12-26-27-22(28)16-3-2-4-18(25)11-16)9-19(23)21(20)30-13-14-5-7-17(24)8-6-14/h2-12H,13H2,1H3,(H,27,28)/b26-12-. The van der Waals surface area contributed by atoms with Crippen LogP contribution in [0.2, 0.25) is 5.02 Å². The summed E-state index contributed by atoms with van der Waals surface area (Å²) in [6.45, 7) is 0.204. The molecule has 0 radical (unpaired) electrons. The molecule has 1 N–H and O–H groups in total. The molecule has 0 bridgehead atoms. The van der Waals surface area contributed by atoms with Gasteiger partial charge in [-0.15, -0.1) is 0 Å². The number of benzene rings is 3. The quantitative estimate of drug-likeness (QED) is 0.248. The van der Waals surface area contributed by atoms with Crippen molar-refractivity contribution in [3.63, 3.8) is 0 Å². The highest BCUT2D eigenvalue weighted by molar-refractivity contribution is 14.1. The van der Waals surface area contributed by atoms with Gasteiger partial charge < -0.3 is 9.47 Å². The molecule has 1 amide bonds. The smallest absolute Gasteiger partial charge is 0.271 e. The summed E-state index contributed by atoms with van der Waals surface area (Å²) in [7, 11) is 1.50. The Labute approximate surface area is 192 Å². The van der Waals surface area contributed by atoms with Crippen molar-refractivity contribution in [3.05, 3.63) is 91.8 Å². The maximum absolute atomic E-state index is 13.0. The fourth-order valence-corrected chi connectivity index (χ4v) is 3.37. The Morgan fingerprint density at radius 3 is 2.67 bits per heavy atom. The van der Waals surface area contributed by atoms with Gasteiger partial charge in [0.2, 0.25) is 0 Å². The summed E-state index contributed by atoms with van der Waals surface area (Å²) in [5.41, 5.74) is 4.40. The lowest BCUT2D eigenvalue weighted by Gasteiger charge is -2.13. The van der Waals surface area contributed by atoms with Gasteiger partial charge >= 0.3 is 0 Å². The van der Waals surface area contributed by atoms with Crippen LogP contribution in [0.4, 0.5) is 4.39 Å². The first kappa shape index (κ1) is 22.0. The SMILES string of the molecule is COc1cc(/C=N\NC(=O)c2cccc(I)c2)cc(Cl)c1OCc1ccc(F)cc1. The predicted octanol–water partition coefficient (Wildman–Crippen LogP) is 5.44. The molecule has 0 aliphatic carbocycles. The molecule has 0 saturated heterocycles. The van der Waals surface area contributed by atoms with E-state index in [1.165, 1.54) is 25.5 Å². The third-order valence-electron chi connectivity index (χ3n) is 4.01. The lowest BCUT2D eigenvalue weighted by Crippen LogP contribution is -2.17. The van der Waals surface area contributed by atoms with E-state index in [1.807, 2.05) is 6.07 Å². The summed E-state index contributed by atoms with van der Waals surface area (Å²) in [5.74, 6) is 0.146. The van der Waals surface area contributed by atoms with Gasteiger partial charge in [-0.25, -0.2) is 9.82 Å². The minimum Gasteiger partial charge on any atom is -0.493 e. The van der Waals surface area contributed by atoms with E-state index in [4.69, 9.17) is 21.1 Å². The van der Waals surface area contributed by atoms with Crippen LogP contribution in [0.25, 0.3) is 0 Å². The topological polar surface area (TPSA) is 59.9 Å². The molecular weight excluding hydrogens is 522 g/mol. The van der Waals surface area contributed by atoms with Gasteiger partial charge in [-0.2, -0.15) is 5.10 Å². The Morgan fingerprint density at radius 1 is 1.20 bits per heavy atom. The van der Waals surface area contributed by atoms with Crippen molar-refractivity contribution >= 4 is 46.3 Å². The molecule has 0 fully saturated rings. The number of hydrogen-bond acceptors (Lipinski definition) is 4. The first-order chi connectivity index (χ1) is 14.5. The van der Waals surface area contributed by atoms with Gasteiger partial charge in [0, 0.05) is 9.13 Å². The monoisotopic (exact) mass is 538 g/mol. The van der Waals surface area contributed by atoms with E-state index in [2.05, 4.69) is 33.1 Å². The molecule has 0 aromatic heterocycles. The molecule has 8 heteroatoms. The van der Waals surface area contributed by atoms with E-state index in [-0.39, 0.29) is 18.3 Å². The number of nitrogens with one attached hydrogen (secondary N) is 1. The molecule has 3 aromatic carbocycles. The Balaban J connectivity index is 1.69. The van der Waals surface area contributed by atoms with E-state index in [0.717, 1.165) is 9.13 Å². The molecule has 3 aromatic rings. The van der Waals surface area contributed by atoms with Gasteiger partial charge in [0.05, 0.1) is 18.3 Å². The minimum atomic E-state index is -0.318. The highest BCUT2D eigenvalue weighted by Gasteiger charge is 2.12. The molecule has 30 heavy (non-hydrogen) atoms. The zero-order valence-corrected chi connectivity index (χ0v) is 18.8. The number of hydrazone groups is 1. The summed E-state index contributed by atoms with van der Waals surface area (Å²) >= 11 is 8.48. The van der Waals surface area contributed by atoms with E-state index in [0.29, 0.717) is 27.6 Å². The Morgan fingerprint density at radius 2 is 1.97 bits per heavy atom. The predicted molar refractivity (Wildman–Crippen MR) is 123 cm³/mol. The summed E-state index contributed by atoms with van der Waals surface area (Å²) in [5, 5.41) is 4.30. The number of ether oxygens (including phenoxy) is 2. The molecule has 0 atom stereocenters. The molecule has 0 saturated carbocycles. The van der Waals surface area contributed by atoms with Crippen LogP contribution in [0.15, 0.2) is 65.8 Å². The summed E-state index contributed by atoms with van der Waals surface area (Å²) < 4.78 is 25.1. The van der Waals surface area contributed by atoms with Gasteiger partial charge in [-0.1, -0.05) is 29.8 Å². The number of halogens is 3. The van der Waals surface area contributed by atoms with Crippen molar-refractivity contribution < 1.29 is 18.7 Å². The number of carbonyl (C=O) groups is 1. The molecular formula is C22H17ClFIN2O3.